The van der Waals surface area contributed by atoms with E-state index in [1.54, 1.807) is 4.90 Å². The zero-order chi connectivity index (χ0) is 19.6. The Morgan fingerprint density at radius 3 is 2.00 bits per heavy atom. The van der Waals surface area contributed by atoms with Gasteiger partial charge in [-0.15, -0.1) is 0 Å². The normalized spacial score (nSPS) is 11.9. The zero-order valence-corrected chi connectivity index (χ0v) is 16.5. The number of carbonyl (C=O) groups excluding carboxylic acids is 2. The van der Waals surface area contributed by atoms with Gasteiger partial charge >= 0.3 is 0 Å². The fraction of sp³-hybridized carbons (Fsp3) is 0.391. The van der Waals surface area contributed by atoms with Gasteiger partial charge in [-0.05, 0) is 23.5 Å². The highest BCUT2D eigenvalue weighted by Gasteiger charge is 2.28. The molecule has 4 heteroatoms. The van der Waals surface area contributed by atoms with Gasteiger partial charge in [0.15, 0.2) is 0 Å². The summed E-state index contributed by atoms with van der Waals surface area (Å²) in [5, 5.41) is 3.02. The molecular weight excluding hydrogens is 336 g/mol. The quantitative estimate of drug-likeness (QED) is 0.734. The van der Waals surface area contributed by atoms with Gasteiger partial charge in [0.05, 0.1) is 0 Å². The number of hydrogen-bond donors (Lipinski definition) is 1. The van der Waals surface area contributed by atoms with E-state index in [0.29, 0.717) is 25.4 Å². The summed E-state index contributed by atoms with van der Waals surface area (Å²) in [6.07, 6.45) is 1.42. The molecule has 27 heavy (non-hydrogen) atoms. The van der Waals surface area contributed by atoms with Crippen molar-refractivity contribution in [3.05, 3.63) is 71.8 Å². The van der Waals surface area contributed by atoms with E-state index >= 15 is 0 Å². The predicted molar refractivity (Wildman–Crippen MR) is 109 cm³/mol. The molecule has 0 saturated heterocycles. The molecule has 4 nitrogen and oxygen atoms in total. The van der Waals surface area contributed by atoms with Crippen LogP contribution in [-0.2, 0) is 22.6 Å². The Balaban J connectivity index is 2.21. The van der Waals surface area contributed by atoms with Crippen molar-refractivity contribution in [2.24, 2.45) is 5.92 Å². The molecular formula is C23H30N2O2. The van der Waals surface area contributed by atoms with Crippen LogP contribution in [-0.4, -0.2) is 29.3 Å². The number of benzene rings is 2. The molecule has 144 valence electrons. The first-order chi connectivity index (χ1) is 13.0. The molecule has 0 saturated carbocycles. The number of rotatable bonds is 9. The Morgan fingerprint density at radius 1 is 0.926 bits per heavy atom. The summed E-state index contributed by atoms with van der Waals surface area (Å²) < 4.78 is 0. The molecule has 0 bridgehead atoms. The largest absolute Gasteiger partial charge is 0.354 e. The van der Waals surface area contributed by atoms with Crippen molar-refractivity contribution in [2.45, 2.75) is 46.2 Å². The van der Waals surface area contributed by atoms with Gasteiger partial charge in [0.25, 0.3) is 0 Å². The van der Waals surface area contributed by atoms with Gasteiger partial charge in [0, 0.05) is 26.4 Å². The minimum absolute atomic E-state index is 0.0920. The second kappa shape index (κ2) is 10.5. The van der Waals surface area contributed by atoms with Crippen LogP contribution in [0.25, 0.3) is 0 Å². The highest BCUT2D eigenvalue weighted by Crippen LogP contribution is 2.14. The summed E-state index contributed by atoms with van der Waals surface area (Å²) in [5.41, 5.74) is 2.06. The van der Waals surface area contributed by atoms with Gasteiger partial charge in [0.2, 0.25) is 11.8 Å². The highest BCUT2D eigenvalue weighted by molar-refractivity contribution is 5.87. The first-order valence-corrected chi connectivity index (χ1v) is 9.60. The van der Waals surface area contributed by atoms with Crippen LogP contribution in [0.5, 0.6) is 0 Å². The number of nitrogens with one attached hydrogen (secondary N) is 1. The summed E-state index contributed by atoms with van der Waals surface area (Å²) in [5.74, 6) is 0.329. The van der Waals surface area contributed by atoms with Crippen LogP contribution in [0.2, 0.25) is 0 Å². The summed E-state index contributed by atoms with van der Waals surface area (Å²) in [6, 6.07) is 19.1. The van der Waals surface area contributed by atoms with E-state index in [0.717, 1.165) is 17.5 Å². The van der Waals surface area contributed by atoms with Crippen LogP contribution in [0, 0.1) is 5.92 Å². The smallest absolute Gasteiger partial charge is 0.243 e. The van der Waals surface area contributed by atoms with Crippen LogP contribution in [0.15, 0.2) is 60.7 Å². The maximum Gasteiger partial charge on any atom is 0.243 e. The van der Waals surface area contributed by atoms with Crippen LogP contribution in [0.3, 0.4) is 0 Å². The molecule has 0 radical (unpaired) electrons. The SMILES string of the molecule is CC(=O)N(Cc1ccccc1)[C@H](Cc1ccccc1)C(=O)NCCC(C)C. The standard InChI is InChI=1S/C23H30N2O2/c1-18(2)14-15-24-23(27)22(16-20-10-6-4-7-11-20)25(19(3)26)17-21-12-8-5-9-13-21/h4-13,18,22H,14-17H2,1-3H3,(H,24,27)/t22-/m1/s1. The van der Waals surface area contributed by atoms with Crippen LogP contribution in [0.4, 0.5) is 0 Å². The third-order valence-corrected chi connectivity index (χ3v) is 4.57. The lowest BCUT2D eigenvalue weighted by molar-refractivity contribution is -0.139. The van der Waals surface area contributed by atoms with Crippen LogP contribution >= 0.6 is 0 Å². The number of hydrogen-bond acceptors (Lipinski definition) is 2. The first-order valence-electron chi connectivity index (χ1n) is 9.60. The Kier molecular flexibility index (Phi) is 8.05. The van der Waals surface area contributed by atoms with E-state index < -0.39 is 6.04 Å². The molecule has 0 heterocycles. The molecule has 2 aromatic carbocycles. The fourth-order valence-corrected chi connectivity index (χ4v) is 3.00. The number of nitrogens with zero attached hydrogens (tertiary/aromatic N) is 1. The van der Waals surface area contributed by atoms with Crippen molar-refractivity contribution in [1.29, 1.82) is 0 Å². The minimum atomic E-state index is -0.530. The molecule has 0 unspecified atom stereocenters. The highest BCUT2D eigenvalue weighted by atomic mass is 16.2. The summed E-state index contributed by atoms with van der Waals surface area (Å²) in [4.78, 5) is 27.0. The van der Waals surface area contributed by atoms with E-state index in [2.05, 4.69) is 19.2 Å². The third kappa shape index (κ3) is 6.89. The van der Waals surface area contributed by atoms with Gasteiger partial charge in [0.1, 0.15) is 6.04 Å². The van der Waals surface area contributed by atoms with Crippen LogP contribution < -0.4 is 5.32 Å². The van der Waals surface area contributed by atoms with Crippen molar-refractivity contribution in [3.8, 4) is 0 Å². The van der Waals surface area contributed by atoms with E-state index in [1.807, 2.05) is 60.7 Å². The molecule has 0 spiro atoms. The average Bonchev–Trinajstić information content (AvgIpc) is 2.65. The maximum atomic E-state index is 13.0. The second-order valence-corrected chi connectivity index (χ2v) is 7.31. The molecule has 0 aliphatic carbocycles. The summed E-state index contributed by atoms with van der Waals surface area (Å²) in [6.45, 7) is 6.84. The summed E-state index contributed by atoms with van der Waals surface area (Å²) in [7, 11) is 0. The number of amides is 2. The lowest BCUT2D eigenvalue weighted by Gasteiger charge is -2.30. The van der Waals surface area contributed by atoms with Gasteiger partial charge in [-0.1, -0.05) is 74.5 Å². The molecule has 0 aromatic heterocycles. The molecule has 2 rings (SSSR count). The Hall–Kier alpha value is -2.62. The summed E-state index contributed by atoms with van der Waals surface area (Å²) >= 11 is 0. The van der Waals surface area contributed by atoms with E-state index in [-0.39, 0.29) is 11.8 Å². The lowest BCUT2D eigenvalue weighted by atomic mass is 10.0. The minimum Gasteiger partial charge on any atom is -0.354 e. The van der Waals surface area contributed by atoms with Crippen molar-refractivity contribution < 1.29 is 9.59 Å². The van der Waals surface area contributed by atoms with Gasteiger partial charge in [-0.2, -0.15) is 0 Å². The Morgan fingerprint density at radius 2 is 1.48 bits per heavy atom. The zero-order valence-electron chi connectivity index (χ0n) is 16.5. The lowest BCUT2D eigenvalue weighted by Crippen LogP contribution is -2.50. The van der Waals surface area contributed by atoms with Gasteiger partial charge in [-0.3, -0.25) is 9.59 Å². The molecule has 0 fully saturated rings. The topological polar surface area (TPSA) is 49.4 Å². The molecule has 0 aliphatic heterocycles. The Labute approximate surface area is 162 Å². The third-order valence-electron chi connectivity index (χ3n) is 4.57. The molecule has 0 aliphatic rings. The van der Waals surface area contributed by atoms with Crippen molar-refractivity contribution in [2.75, 3.05) is 6.54 Å². The van der Waals surface area contributed by atoms with E-state index in [4.69, 9.17) is 0 Å². The predicted octanol–water partition coefficient (Wildman–Crippen LogP) is 3.81. The molecule has 2 amide bonds. The average molecular weight is 367 g/mol. The second-order valence-electron chi connectivity index (χ2n) is 7.31. The molecule has 2 aromatic rings. The Bertz CT molecular complexity index is 714. The molecule has 1 atom stereocenters. The van der Waals surface area contributed by atoms with E-state index in [9.17, 15) is 9.59 Å². The first kappa shape index (κ1) is 20.7. The fourth-order valence-electron chi connectivity index (χ4n) is 3.00. The van der Waals surface area contributed by atoms with Gasteiger partial charge in [-0.25, -0.2) is 0 Å². The van der Waals surface area contributed by atoms with E-state index in [1.165, 1.54) is 6.92 Å². The van der Waals surface area contributed by atoms with Crippen molar-refractivity contribution in [3.63, 3.8) is 0 Å². The number of carbonyl (C=O) groups is 2. The monoisotopic (exact) mass is 366 g/mol. The van der Waals surface area contributed by atoms with Crippen molar-refractivity contribution in [1.82, 2.24) is 10.2 Å². The van der Waals surface area contributed by atoms with Gasteiger partial charge < -0.3 is 10.2 Å². The molecule has 1 N–H and O–H groups in total. The van der Waals surface area contributed by atoms with Crippen LogP contribution in [0.1, 0.15) is 38.3 Å². The van der Waals surface area contributed by atoms with Crippen molar-refractivity contribution >= 4 is 11.8 Å². The maximum absolute atomic E-state index is 13.0.